The molecule has 2 saturated heterocycles. The summed E-state index contributed by atoms with van der Waals surface area (Å²) in [7, 11) is 0. The van der Waals surface area contributed by atoms with Gasteiger partial charge >= 0.3 is 0 Å². The molecule has 0 radical (unpaired) electrons. The van der Waals surface area contributed by atoms with Crippen LogP contribution in [0.5, 0.6) is 0 Å². The van der Waals surface area contributed by atoms with Crippen molar-refractivity contribution in [2.24, 2.45) is 0 Å². The Labute approximate surface area is 110 Å². The summed E-state index contributed by atoms with van der Waals surface area (Å²) in [6, 6.07) is 11.5. The van der Waals surface area contributed by atoms with Gasteiger partial charge in [-0.3, -0.25) is 4.90 Å². The lowest BCUT2D eigenvalue weighted by Crippen LogP contribution is -2.57. The number of benzene rings is 1. The van der Waals surface area contributed by atoms with Gasteiger partial charge < -0.3 is 5.11 Å². The van der Waals surface area contributed by atoms with Gasteiger partial charge in [-0.25, -0.2) is 0 Å². The minimum atomic E-state index is -0.191. The predicted molar refractivity (Wildman–Crippen MR) is 73.6 cm³/mol. The van der Waals surface area contributed by atoms with Crippen LogP contribution in [0.1, 0.15) is 44.1 Å². The fraction of sp³-hybridized carbons (Fsp3) is 0.625. The molecular weight excluding hydrogens is 222 g/mol. The zero-order valence-corrected chi connectivity index (χ0v) is 11.1. The standard InChI is InChI=1S/C16H23NO/c1-12-11-14(13-7-3-2-4-8-13)16(18)15-9-5-6-10-17(12)15/h2-4,7-8,12,14-16,18H,5-6,9-11H2,1H3. The smallest absolute Gasteiger partial charge is 0.0764 e. The summed E-state index contributed by atoms with van der Waals surface area (Å²) in [5.41, 5.74) is 1.31. The maximum absolute atomic E-state index is 10.7. The first-order chi connectivity index (χ1) is 8.77. The van der Waals surface area contributed by atoms with Crippen LogP contribution >= 0.6 is 0 Å². The fourth-order valence-electron chi connectivity index (χ4n) is 3.84. The maximum Gasteiger partial charge on any atom is 0.0764 e. The number of hydrogen-bond acceptors (Lipinski definition) is 2. The topological polar surface area (TPSA) is 23.5 Å². The largest absolute Gasteiger partial charge is 0.391 e. The van der Waals surface area contributed by atoms with Gasteiger partial charge in [0.15, 0.2) is 0 Å². The van der Waals surface area contributed by atoms with Crippen molar-refractivity contribution in [1.29, 1.82) is 0 Å². The van der Waals surface area contributed by atoms with Crippen molar-refractivity contribution >= 4 is 0 Å². The van der Waals surface area contributed by atoms with Crippen LogP contribution in [-0.2, 0) is 0 Å². The minimum absolute atomic E-state index is 0.191. The van der Waals surface area contributed by atoms with Gasteiger partial charge in [-0.05, 0) is 38.3 Å². The average Bonchev–Trinajstić information content (AvgIpc) is 2.44. The third-order valence-electron chi connectivity index (χ3n) is 4.79. The number of piperidine rings is 2. The van der Waals surface area contributed by atoms with Gasteiger partial charge in [-0.1, -0.05) is 36.8 Å². The Bertz CT molecular complexity index is 391. The third-order valence-corrected chi connectivity index (χ3v) is 4.79. The van der Waals surface area contributed by atoms with E-state index in [0.717, 1.165) is 12.8 Å². The Balaban J connectivity index is 1.85. The van der Waals surface area contributed by atoms with E-state index in [1.165, 1.54) is 24.9 Å². The lowest BCUT2D eigenvalue weighted by molar-refractivity contribution is -0.0491. The molecule has 1 aromatic rings. The highest BCUT2D eigenvalue weighted by Gasteiger charge is 2.41. The molecule has 4 atom stereocenters. The van der Waals surface area contributed by atoms with Gasteiger partial charge in [0.1, 0.15) is 0 Å². The highest BCUT2D eigenvalue weighted by molar-refractivity contribution is 5.23. The molecular formula is C16H23NO. The SMILES string of the molecule is CC1CC(c2ccccc2)C(O)C2CCCCN12. The fourth-order valence-corrected chi connectivity index (χ4v) is 3.84. The number of aliphatic hydroxyl groups excluding tert-OH is 1. The van der Waals surface area contributed by atoms with Crippen LogP contribution in [0.25, 0.3) is 0 Å². The van der Waals surface area contributed by atoms with Crippen LogP contribution < -0.4 is 0 Å². The lowest BCUT2D eigenvalue weighted by Gasteiger charge is -2.49. The average molecular weight is 245 g/mol. The quantitative estimate of drug-likeness (QED) is 0.822. The van der Waals surface area contributed by atoms with E-state index in [2.05, 4.69) is 42.2 Å². The Morgan fingerprint density at radius 1 is 1.17 bits per heavy atom. The molecule has 2 heteroatoms. The molecule has 2 aliphatic rings. The van der Waals surface area contributed by atoms with E-state index in [1.54, 1.807) is 0 Å². The van der Waals surface area contributed by atoms with Crippen LogP contribution in [-0.4, -0.2) is 34.7 Å². The lowest BCUT2D eigenvalue weighted by atomic mass is 9.77. The maximum atomic E-state index is 10.7. The number of nitrogens with zero attached hydrogens (tertiary/aromatic N) is 1. The molecule has 0 aliphatic carbocycles. The van der Waals surface area contributed by atoms with Gasteiger partial charge in [-0.2, -0.15) is 0 Å². The van der Waals surface area contributed by atoms with Gasteiger partial charge in [0.05, 0.1) is 6.10 Å². The molecule has 2 fully saturated rings. The first-order valence-electron chi connectivity index (χ1n) is 7.26. The minimum Gasteiger partial charge on any atom is -0.391 e. The molecule has 3 rings (SSSR count). The first-order valence-corrected chi connectivity index (χ1v) is 7.26. The van der Waals surface area contributed by atoms with Crippen LogP contribution in [0.4, 0.5) is 0 Å². The second-order valence-corrected chi connectivity index (χ2v) is 5.89. The zero-order valence-electron chi connectivity index (χ0n) is 11.1. The summed E-state index contributed by atoms with van der Waals surface area (Å²) in [5.74, 6) is 0.320. The number of rotatable bonds is 1. The molecule has 2 aliphatic heterocycles. The second-order valence-electron chi connectivity index (χ2n) is 5.89. The predicted octanol–water partition coefficient (Wildman–Crippen LogP) is 2.78. The number of hydrogen-bond donors (Lipinski definition) is 1. The van der Waals surface area contributed by atoms with Gasteiger partial charge in [0.25, 0.3) is 0 Å². The summed E-state index contributed by atoms with van der Waals surface area (Å²) >= 11 is 0. The monoisotopic (exact) mass is 245 g/mol. The molecule has 4 unspecified atom stereocenters. The summed E-state index contributed by atoms with van der Waals surface area (Å²) < 4.78 is 0. The van der Waals surface area contributed by atoms with E-state index < -0.39 is 0 Å². The molecule has 2 nitrogen and oxygen atoms in total. The molecule has 98 valence electrons. The van der Waals surface area contributed by atoms with E-state index in [-0.39, 0.29) is 6.10 Å². The van der Waals surface area contributed by atoms with E-state index in [1.807, 2.05) is 0 Å². The summed E-state index contributed by atoms with van der Waals surface area (Å²) in [5, 5.41) is 10.7. The summed E-state index contributed by atoms with van der Waals surface area (Å²) in [6.07, 6.45) is 4.62. The molecule has 0 spiro atoms. The number of fused-ring (bicyclic) bond motifs is 1. The zero-order chi connectivity index (χ0) is 12.5. The summed E-state index contributed by atoms with van der Waals surface area (Å²) in [4.78, 5) is 2.54. The Hall–Kier alpha value is -0.860. The van der Waals surface area contributed by atoms with Crippen LogP contribution in [0, 0.1) is 0 Å². The van der Waals surface area contributed by atoms with Crippen molar-refractivity contribution in [2.45, 2.75) is 56.7 Å². The molecule has 0 bridgehead atoms. The Kier molecular flexibility index (Phi) is 3.40. The van der Waals surface area contributed by atoms with Crippen molar-refractivity contribution < 1.29 is 5.11 Å². The van der Waals surface area contributed by atoms with Crippen molar-refractivity contribution in [1.82, 2.24) is 4.90 Å². The summed E-state index contributed by atoms with van der Waals surface area (Å²) in [6.45, 7) is 3.49. The van der Waals surface area contributed by atoms with Crippen LogP contribution in [0.2, 0.25) is 0 Å². The molecule has 2 heterocycles. The number of aliphatic hydroxyl groups is 1. The molecule has 0 aromatic heterocycles. The molecule has 1 aromatic carbocycles. The van der Waals surface area contributed by atoms with Crippen LogP contribution in [0.3, 0.4) is 0 Å². The van der Waals surface area contributed by atoms with Crippen molar-refractivity contribution in [3.8, 4) is 0 Å². The second kappa shape index (κ2) is 5.02. The third kappa shape index (κ3) is 2.08. The highest BCUT2D eigenvalue weighted by Crippen LogP contribution is 2.38. The van der Waals surface area contributed by atoms with Gasteiger partial charge in [0, 0.05) is 18.0 Å². The van der Waals surface area contributed by atoms with Crippen LogP contribution in [0.15, 0.2) is 30.3 Å². The molecule has 0 saturated carbocycles. The molecule has 18 heavy (non-hydrogen) atoms. The first kappa shape index (κ1) is 12.2. The Morgan fingerprint density at radius 3 is 2.72 bits per heavy atom. The van der Waals surface area contributed by atoms with Crippen molar-refractivity contribution in [2.75, 3.05) is 6.54 Å². The van der Waals surface area contributed by atoms with Crippen molar-refractivity contribution in [3.63, 3.8) is 0 Å². The van der Waals surface area contributed by atoms with Crippen molar-refractivity contribution in [3.05, 3.63) is 35.9 Å². The van der Waals surface area contributed by atoms with E-state index in [0.29, 0.717) is 18.0 Å². The van der Waals surface area contributed by atoms with Gasteiger partial charge in [-0.15, -0.1) is 0 Å². The molecule has 0 amide bonds. The molecule has 1 N–H and O–H groups in total. The normalized spacial score (nSPS) is 37.2. The van der Waals surface area contributed by atoms with Gasteiger partial charge in [0.2, 0.25) is 0 Å². The highest BCUT2D eigenvalue weighted by atomic mass is 16.3. The van der Waals surface area contributed by atoms with E-state index in [9.17, 15) is 5.11 Å². The Morgan fingerprint density at radius 2 is 1.94 bits per heavy atom. The van der Waals surface area contributed by atoms with E-state index in [4.69, 9.17) is 0 Å². The van der Waals surface area contributed by atoms with E-state index >= 15 is 0 Å².